The van der Waals surface area contributed by atoms with Crippen molar-refractivity contribution in [3.8, 4) is 5.75 Å². The van der Waals surface area contributed by atoms with Gasteiger partial charge in [0.15, 0.2) is 11.6 Å². The van der Waals surface area contributed by atoms with Crippen molar-refractivity contribution in [1.82, 2.24) is 0 Å². The third-order valence-electron chi connectivity index (χ3n) is 4.76. The van der Waals surface area contributed by atoms with Crippen LogP contribution in [0.2, 0.25) is 0 Å². The molecule has 0 bridgehead atoms. The first kappa shape index (κ1) is 16.9. The van der Waals surface area contributed by atoms with Gasteiger partial charge in [-0.15, -0.1) is 0 Å². The molecule has 0 radical (unpaired) electrons. The lowest BCUT2D eigenvalue weighted by Crippen LogP contribution is -2.12. The van der Waals surface area contributed by atoms with Gasteiger partial charge in [0.25, 0.3) is 0 Å². The lowest BCUT2D eigenvalue weighted by Gasteiger charge is -2.21. The Labute approximate surface area is 141 Å². The summed E-state index contributed by atoms with van der Waals surface area (Å²) in [5.74, 6) is 0.342. The van der Waals surface area contributed by atoms with Crippen molar-refractivity contribution in [3.05, 3.63) is 59.4 Å². The van der Waals surface area contributed by atoms with Crippen LogP contribution in [0.1, 0.15) is 42.2 Å². The normalized spacial score (nSPS) is 21.0. The molecule has 2 aromatic rings. The summed E-state index contributed by atoms with van der Waals surface area (Å²) in [6.45, 7) is 0. The number of primary sulfonamides is 1. The molecule has 3 rings (SSSR count). The molecule has 0 spiro atoms. The van der Waals surface area contributed by atoms with Crippen LogP contribution in [0.15, 0.2) is 47.4 Å². The Morgan fingerprint density at radius 1 is 1.04 bits per heavy atom. The number of nitrogens with two attached hydrogens (primary N) is 1. The zero-order valence-electron chi connectivity index (χ0n) is 13.4. The third-order valence-corrected chi connectivity index (χ3v) is 5.69. The van der Waals surface area contributed by atoms with E-state index in [1.54, 1.807) is 12.1 Å². The van der Waals surface area contributed by atoms with E-state index >= 15 is 0 Å². The number of ether oxygens (including phenoxy) is 1. The molecule has 2 N–H and O–H groups in total. The van der Waals surface area contributed by atoms with Crippen LogP contribution in [0.3, 0.4) is 0 Å². The second-order valence-corrected chi connectivity index (χ2v) is 7.71. The van der Waals surface area contributed by atoms with Gasteiger partial charge in [0, 0.05) is 0 Å². The standard InChI is InChI=1S/C18H20FNO3S/c1-23-18-10-7-13(11-17(18)19)16-4-2-3-15(16)12-5-8-14(9-6-12)24(20,21)22/h5-11,15-16H,2-4H2,1H3,(H2,20,21,22). The Bertz CT molecular complexity index is 834. The molecule has 1 aliphatic rings. The Morgan fingerprint density at radius 2 is 1.62 bits per heavy atom. The minimum Gasteiger partial charge on any atom is -0.494 e. The van der Waals surface area contributed by atoms with Crippen LogP contribution >= 0.6 is 0 Å². The molecule has 0 aliphatic heterocycles. The fraction of sp³-hybridized carbons (Fsp3) is 0.333. The molecule has 0 heterocycles. The zero-order valence-corrected chi connectivity index (χ0v) is 14.2. The van der Waals surface area contributed by atoms with Crippen molar-refractivity contribution in [3.63, 3.8) is 0 Å². The number of sulfonamides is 1. The monoisotopic (exact) mass is 349 g/mol. The molecule has 128 valence electrons. The van der Waals surface area contributed by atoms with E-state index in [9.17, 15) is 12.8 Å². The Hall–Kier alpha value is -1.92. The van der Waals surface area contributed by atoms with Gasteiger partial charge in [0.1, 0.15) is 0 Å². The third kappa shape index (κ3) is 3.30. The molecule has 2 aromatic carbocycles. The van der Waals surface area contributed by atoms with Gasteiger partial charge in [-0.25, -0.2) is 17.9 Å². The van der Waals surface area contributed by atoms with E-state index in [1.807, 2.05) is 18.2 Å². The van der Waals surface area contributed by atoms with E-state index in [1.165, 1.54) is 19.2 Å². The summed E-state index contributed by atoms with van der Waals surface area (Å²) in [4.78, 5) is 0.108. The number of hydrogen-bond acceptors (Lipinski definition) is 3. The first-order valence-corrected chi connectivity index (χ1v) is 9.41. The second-order valence-electron chi connectivity index (χ2n) is 6.15. The molecule has 4 nitrogen and oxygen atoms in total. The van der Waals surface area contributed by atoms with Gasteiger partial charge in [-0.2, -0.15) is 0 Å². The first-order chi connectivity index (χ1) is 11.4. The molecule has 24 heavy (non-hydrogen) atoms. The van der Waals surface area contributed by atoms with Crippen molar-refractivity contribution in [2.75, 3.05) is 7.11 Å². The van der Waals surface area contributed by atoms with Crippen molar-refractivity contribution < 1.29 is 17.5 Å². The summed E-state index contributed by atoms with van der Waals surface area (Å²) < 4.78 is 41.7. The van der Waals surface area contributed by atoms with E-state index in [0.29, 0.717) is 0 Å². The fourth-order valence-corrected chi connectivity index (χ4v) is 4.09. The molecule has 2 unspecified atom stereocenters. The van der Waals surface area contributed by atoms with Gasteiger partial charge < -0.3 is 4.74 Å². The number of rotatable bonds is 4. The summed E-state index contributed by atoms with van der Waals surface area (Å²) in [5.41, 5.74) is 2.01. The number of methoxy groups -OCH3 is 1. The molecule has 1 saturated carbocycles. The van der Waals surface area contributed by atoms with Crippen LogP contribution < -0.4 is 9.88 Å². The molecule has 0 saturated heterocycles. The Balaban J connectivity index is 1.89. The summed E-state index contributed by atoms with van der Waals surface area (Å²) in [7, 11) is -2.24. The Kier molecular flexibility index (Phi) is 4.60. The second kappa shape index (κ2) is 6.53. The number of benzene rings is 2. The van der Waals surface area contributed by atoms with Gasteiger partial charge >= 0.3 is 0 Å². The van der Waals surface area contributed by atoms with Gasteiger partial charge in [-0.3, -0.25) is 0 Å². The van der Waals surface area contributed by atoms with Crippen LogP contribution in [-0.2, 0) is 10.0 Å². The predicted octanol–water partition coefficient (Wildman–Crippen LogP) is 3.53. The predicted molar refractivity (Wildman–Crippen MR) is 90.1 cm³/mol. The zero-order chi connectivity index (χ0) is 17.3. The molecule has 1 fully saturated rings. The van der Waals surface area contributed by atoms with E-state index in [2.05, 4.69) is 0 Å². The minimum absolute atomic E-state index is 0.108. The molecular formula is C18H20FNO3S. The van der Waals surface area contributed by atoms with E-state index in [0.717, 1.165) is 30.4 Å². The molecule has 0 aromatic heterocycles. The van der Waals surface area contributed by atoms with Crippen molar-refractivity contribution in [2.24, 2.45) is 5.14 Å². The number of halogens is 1. The topological polar surface area (TPSA) is 69.4 Å². The van der Waals surface area contributed by atoms with Crippen molar-refractivity contribution >= 4 is 10.0 Å². The highest BCUT2D eigenvalue weighted by Gasteiger charge is 2.30. The molecule has 0 amide bonds. The fourth-order valence-electron chi connectivity index (χ4n) is 3.58. The largest absolute Gasteiger partial charge is 0.494 e. The van der Waals surface area contributed by atoms with Gasteiger partial charge in [0.05, 0.1) is 12.0 Å². The maximum atomic E-state index is 14.0. The quantitative estimate of drug-likeness (QED) is 0.918. The van der Waals surface area contributed by atoms with Crippen LogP contribution in [0.25, 0.3) is 0 Å². The van der Waals surface area contributed by atoms with Crippen molar-refractivity contribution in [1.29, 1.82) is 0 Å². The van der Waals surface area contributed by atoms with Crippen molar-refractivity contribution in [2.45, 2.75) is 36.0 Å². The minimum atomic E-state index is -3.69. The summed E-state index contributed by atoms with van der Waals surface area (Å²) in [5, 5.41) is 5.14. The van der Waals surface area contributed by atoms with Crippen LogP contribution in [0.5, 0.6) is 5.75 Å². The highest BCUT2D eigenvalue weighted by molar-refractivity contribution is 7.89. The molecule has 6 heteroatoms. The average Bonchev–Trinajstić information content (AvgIpc) is 3.03. The molecular weight excluding hydrogens is 329 g/mol. The smallest absolute Gasteiger partial charge is 0.238 e. The highest BCUT2D eigenvalue weighted by Crippen LogP contribution is 2.46. The molecule has 2 atom stereocenters. The summed E-state index contributed by atoms with van der Waals surface area (Å²) >= 11 is 0. The SMILES string of the molecule is COc1ccc(C2CCCC2c2ccc(S(N)(=O)=O)cc2)cc1F. The maximum absolute atomic E-state index is 14.0. The lowest BCUT2D eigenvalue weighted by atomic mass is 9.84. The van der Waals surface area contributed by atoms with Gasteiger partial charge in [-0.1, -0.05) is 24.6 Å². The van der Waals surface area contributed by atoms with Crippen LogP contribution in [-0.4, -0.2) is 15.5 Å². The average molecular weight is 349 g/mol. The van der Waals surface area contributed by atoms with Crippen LogP contribution in [0, 0.1) is 5.82 Å². The Morgan fingerprint density at radius 3 is 2.17 bits per heavy atom. The first-order valence-electron chi connectivity index (χ1n) is 7.86. The lowest BCUT2D eigenvalue weighted by molar-refractivity contribution is 0.385. The van der Waals surface area contributed by atoms with E-state index in [-0.39, 0.29) is 28.3 Å². The van der Waals surface area contributed by atoms with Gasteiger partial charge in [0.2, 0.25) is 10.0 Å². The molecule has 1 aliphatic carbocycles. The maximum Gasteiger partial charge on any atom is 0.238 e. The van der Waals surface area contributed by atoms with Crippen LogP contribution in [0.4, 0.5) is 4.39 Å². The van der Waals surface area contributed by atoms with E-state index < -0.39 is 10.0 Å². The highest BCUT2D eigenvalue weighted by atomic mass is 32.2. The van der Waals surface area contributed by atoms with E-state index in [4.69, 9.17) is 9.88 Å². The summed E-state index contributed by atoms with van der Waals surface area (Å²) in [6, 6.07) is 11.8. The summed E-state index contributed by atoms with van der Waals surface area (Å²) in [6.07, 6.45) is 3.03. The number of hydrogen-bond donors (Lipinski definition) is 1. The van der Waals surface area contributed by atoms with Gasteiger partial charge in [-0.05, 0) is 60.1 Å².